The van der Waals surface area contributed by atoms with Gasteiger partial charge in [0, 0.05) is 87.5 Å². The molecule has 2 aliphatic heterocycles. The van der Waals surface area contributed by atoms with Crippen molar-refractivity contribution < 1.29 is 23.9 Å². The van der Waals surface area contributed by atoms with Gasteiger partial charge in [0.1, 0.15) is 11.2 Å². The molecule has 0 aliphatic carbocycles. The van der Waals surface area contributed by atoms with E-state index >= 15 is 4.79 Å². The average Bonchev–Trinajstić information content (AvgIpc) is 3.88. The summed E-state index contributed by atoms with van der Waals surface area (Å²) in [7, 11) is 0. The molecule has 288 valence electrons. The van der Waals surface area contributed by atoms with Gasteiger partial charge in [0.15, 0.2) is 5.78 Å². The Bertz CT molecular complexity index is 1730. The Labute approximate surface area is 318 Å². The van der Waals surface area contributed by atoms with Crippen LogP contribution in [-0.2, 0) is 14.3 Å². The van der Waals surface area contributed by atoms with Crippen molar-refractivity contribution in [2.75, 3.05) is 39.3 Å². The molecule has 0 spiro atoms. The van der Waals surface area contributed by atoms with Gasteiger partial charge in [0.05, 0.1) is 24.7 Å². The van der Waals surface area contributed by atoms with Gasteiger partial charge < -0.3 is 28.4 Å². The fourth-order valence-electron chi connectivity index (χ4n) is 7.29. The minimum absolute atomic E-state index is 0.0553. The van der Waals surface area contributed by atoms with Gasteiger partial charge in [0.2, 0.25) is 0 Å². The normalized spacial score (nSPS) is 20.0. The molecule has 13 nitrogen and oxygen atoms in total. The third kappa shape index (κ3) is 9.02. The molecule has 0 N–H and O–H groups in total. The molecule has 2 fully saturated rings. The molecule has 2 saturated heterocycles. The number of hydrogen-bond acceptors (Lipinski definition) is 9. The number of hydrogen-bond donors (Lipinski definition) is 0. The highest BCUT2D eigenvalue weighted by Crippen LogP contribution is 2.32. The Balaban J connectivity index is 1.32. The van der Waals surface area contributed by atoms with Crippen LogP contribution in [0.2, 0.25) is 0 Å². The Hall–Kier alpha value is -5.01. The quantitative estimate of drug-likeness (QED) is 0.206. The number of imidazole rings is 2. The summed E-state index contributed by atoms with van der Waals surface area (Å²) in [6.45, 7) is 17.3. The SMILES string of the molecule is CC(c1ccc(-n2ccnc2)cc1)N1CCN(C(=O)OC(C)(C)C)CC1C(=O)C1CN(C(=O)OC(C)(C)C)CCN1C(C)c1ccc(-n2ccnc2)cc1. The lowest BCUT2D eigenvalue weighted by molar-refractivity contribution is -0.136. The van der Waals surface area contributed by atoms with Crippen LogP contribution in [0.5, 0.6) is 0 Å². The molecule has 0 bridgehead atoms. The number of Topliss-reactive ketones (excluding diaryl/α,β-unsaturated/α-hetero) is 1. The molecule has 0 radical (unpaired) electrons. The summed E-state index contributed by atoms with van der Waals surface area (Å²) in [5, 5.41) is 0. The maximum absolute atomic E-state index is 15.3. The molecule has 4 aromatic rings. The number of aromatic nitrogens is 4. The molecule has 2 aliphatic rings. The molecule has 54 heavy (non-hydrogen) atoms. The molecule has 0 saturated carbocycles. The Kier molecular flexibility index (Phi) is 11.3. The number of carbonyl (C=O) groups is 3. The summed E-state index contributed by atoms with van der Waals surface area (Å²) in [6.07, 6.45) is 9.91. The molecule has 4 heterocycles. The van der Waals surface area contributed by atoms with Crippen molar-refractivity contribution in [1.29, 1.82) is 0 Å². The maximum Gasteiger partial charge on any atom is 0.410 e. The van der Waals surface area contributed by atoms with Crippen LogP contribution in [-0.4, -0.2) is 119 Å². The summed E-state index contributed by atoms with van der Waals surface area (Å²) in [5.74, 6) is -0.0553. The largest absolute Gasteiger partial charge is 0.444 e. The van der Waals surface area contributed by atoms with E-state index < -0.39 is 35.5 Å². The molecule has 2 aromatic carbocycles. The minimum atomic E-state index is -0.686. The molecule has 4 atom stereocenters. The lowest BCUT2D eigenvalue weighted by Crippen LogP contribution is -2.65. The van der Waals surface area contributed by atoms with Crippen LogP contribution in [0.4, 0.5) is 9.59 Å². The van der Waals surface area contributed by atoms with Crippen molar-refractivity contribution in [2.24, 2.45) is 0 Å². The number of carbonyl (C=O) groups excluding carboxylic acids is 3. The first-order chi connectivity index (χ1) is 25.6. The molecular weight excluding hydrogens is 685 g/mol. The Morgan fingerprint density at radius 1 is 0.611 bits per heavy atom. The van der Waals surface area contributed by atoms with Crippen LogP contribution in [0.15, 0.2) is 86.0 Å². The molecular formula is C41H54N8O5. The van der Waals surface area contributed by atoms with Crippen molar-refractivity contribution in [3.8, 4) is 11.4 Å². The van der Waals surface area contributed by atoms with Gasteiger partial charge in [-0.25, -0.2) is 19.6 Å². The van der Waals surface area contributed by atoms with Gasteiger partial charge in [0.25, 0.3) is 0 Å². The second kappa shape index (κ2) is 15.8. The van der Waals surface area contributed by atoms with Gasteiger partial charge in [-0.3, -0.25) is 14.6 Å². The predicted octanol–water partition coefficient (Wildman–Crippen LogP) is 6.29. The van der Waals surface area contributed by atoms with Crippen LogP contribution in [0.25, 0.3) is 11.4 Å². The first kappa shape index (κ1) is 38.7. The van der Waals surface area contributed by atoms with E-state index in [1.54, 1.807) is 34.8 Å². The number of benzene rings is 2. The van der Waals surface area contributed by atoms with Crippen molar-refractivity contribution in [2.45, 2.75) is 90.8 Å². The molecule has 13 heteroatoms. The van der Waals surface area contributed by atoms with Crippen molar-refractivity contribution in [3.63, 3.8) is 0 Å². The summed E-state index contributed by atoms with van der Waals surface area (Å²) >= 11 is 0. The topological polar surface area (TPSA) is 118 Å². The zero-order chi connectivity index (χ0) is 38.8. The van der Waals surface area contributed by atoms with E-state index in [2.05, 4.69) is 57.9 Å². The van der Waals surface area contributed by atoms with E-state index in [0.29, 0.717) is 26.2 Å². The summed E-state index contributed by atoms with van der Waals surface area (Å²) < 4.78 is 15.5. The highest BCUT2D eigenvalue weighted by atomic mass is 16.6. The number of ether oxygens (including phenoxy) is 2. The zero-order valence-electron chi connectivity index (χ0n) is 32.8. The van der Waals surface area contributed by atoms with Gasteiger partial charge in [-0.2, -0.15) is 0 Å². The monoisotopic (exact) mass is 738 g/mol. The van der Waals surface area contributed by atoms with E-state index in [-0.39, 0.29) is 31.0 Å². The Morgan fingerprint density at radius 2 is 0.981 bits per heavy atom. The number of piperazine rings is 2. The van der Waals surface area contributed by atoms with Crippen LogP contribution in [0.1, 0.15) is 78.6 Å². The lowest BCUT2D eigenvalue weighted by Gasteiger charge is -2.48. The first-order valence-corrected chi connectivity index (χ1v) is 18.8. The standard InChI is InChI=1S/C41H54N8O5/c1-29(31-9-13-33(14-10-31)46-19-17-42-27-46)48-23-21-44(38(51)53-40(3,4)5)25-35(48)37(50)36-26-45(39(52)54-41(6,7)8)22-24-49(36)30(2)32-11-15-34(16-12-32)47-20-18-43-28-47/h9-20,27-30,35-36H,21-26H2,1-8H3. The van der Waals surface area contributed by atoms with Crippen molar-refractivity contribution in [3.05, 3.63) is 97.1 Å². The Morgan fingerprint density at radius 3 is 1.30 bits per heavy atom. The second-order valence-corrected chi connectivity index (χ2v) is 16.2. The van der Waals surface area contributed by atoms with E-state index in [0.717, 1.165) is 22.5 Å². The van der Waals surface area contributed by atoms with Gasteiger partial charge in [-0.1, -0.05) is 24.3 Å². The molecule has 2 aromatic heterocycles. The smallest absolute Gasteiger partial charge is 0.410 e. The summed E-state index contributed by atoms with van der Waals surface area (Å²) in [5.41, 5.74) is 2.69. The third-order valence-electron chi connectivity index (χ3n) is 10.2. The van der Waals surface area contributed by atoms with Crippen molar-refractivity contribution >= 4 is 18.0 Å². The fourth-order valence-corrected chi connectivity index (χ4v) is 7.29. The summed E-state index contributed by atoms with van der Waals surface area (Å²) in [6, 6.07) is 14.8. The third-order valence-corrected chi connectivity index (χ3v) is 10.2. The first-order valence-electron chi connectivity index (χ1n) is 18.8. The highest BCUT2D eigenvalue weighted by molar-refractivity contribution is 5.91. The maximum atomic E-state index is 15.3. The molecule has 6 rings (SSSR count). The van der Waals surface area contributed by atoms with Crippen LogP contribution in [0.3, 0.4) is 0 Å². The number of rotatable bonds is 8. The van der Waals surface area contributed by atoms with Crippen LogP contribution < -0.4 is 0 Å². The van der Waals surface area contributed by atoms with Gasteiger partial charge in [-0.05, 0) is 90.8 Å². The van der Waals surface area contributed by atoms with E-state index in [9.17, 15) is 9.59 Å². The van der Waals surface area contributed by atoms with E-state index in [1.165, 1.54) is 0 Å². The lowest BCUT2D eigenvalue weighted by atomic mass is 9.93. The van der Waals surface area contributed by atoms with E-state index in [4.69, 9.17) is 9.47 Å². The van der Waals surface area contributed by atoms with Crippen molar-refractivity contribution in [1.82, 2.24) is 38.7 Å². The highest BCUT2D eigenvalue weighted by Gasteiger charge is 2.45. The van der Waals surface area contributed by atoms with Gasteiger partial charge in [-0.15, -0.1) is 0 Å². The summed E-state index contributed by atoms with van der Waals surface area (Å²) in [4.78, 5) is 58.3. The second-order valence-electron chi connectivity index (χ2n) is 16.2. The van der Waals surface area contributed by atoms with Crippen LogP contribution in [0, 0.1) is 0 Å². The fraction of sp³-hybridized carbons (Fsp3) is 0.488. The predicted molar refractivity (Wildman–Crippen MR) is 206 cm³/mol. The van der Waals surface area contributed by atoms with E-state index in [1.807, 2.05) is 87.3 Å². The molecule has 2 amide bonds. The molecule has 4 unspecified atom stereocenters. The van der Waals surface area contributed by atoms with Crippen LogP contribution >= 0.6 is 0 Å². The average molecular weight is 739 g/mol. The zero-order valence-corrected chi connectivity index (χ0v) is 32.8. The number of amides is 2. The number of nitrogens with zero attached hydrogens (tertiary/aromatic N) is 8. The number of ketones is 1. The van der Waals surface area contributed by atoms with Gasteiger partial charge >= 0.3 is 12.2 Å². The minimum Gasteiger partial charge on any atom is -0.444 e.